The quantitative estimate of drug-likeness (QED) is 0.436. The highest BCUT2D eigenvalue weighted by atomic mass is 16.6. The smallest absolute Gasteiger partial charge is 0.348 e. The predicted molar refractivity (Wildman–Crippen MR) is 71.8 cm³/mol. The second-order valence-corrected chi connectivity index (χ2v) is 4.57. The van der Waals surface area contributed by atoms with E-state index in [-0.39, 0.29) is 11.5 Å². The second kappa shape index (κ2) is 5.79. The number of nitrogens with one attached hydrogen (secondary N) is 1. The summed E-state index contributed by atoms with van der Waals surface area (Å²) in [4.78, 5) is 20.7. The number of anilines is 2. The van der Waals surface area contributed by atoms with Crippen LogP contribution in [0.2, 0.25) is 0 Å². The van der Waals surface area contributed by atoms with Gasteiger partial charge in [-0.05, 0) is 19.3 Å². The highest BCUT2D eigenvalue weighted by Gasteiger charge is 2.35. The lowest BCUT2D eigenvalue weighted by molar-refractivity contribution is -0.383. The Morgan fingerprint density at radius 1 is 1.58 bits per heavy atom. The molecule has 3 N–H and O–H groups in total. The zero-order valence-corrected chi connectivity index (χ0v) is 10.9. The van der Waals surface area contributed by atoms with Gasteiger partial charge in [0.2, 0.25) is 11.6 Å². The molecule has 0 bridgehead atoms. The summed E-state index contributed by atoms with van der Waals surface area (Å²) in [6, 6.07) is 0.353. The predicted octanol–water partition coefficient (Wildman–Crippen LogP) is 1.44. The average Bonchev–Trinajstić information content (AvgIpc) is 3.23. The molecule has 0 aromatic carbocycles. The topological polar surface area (TPSA) is 110 Å². The van der Waals surface area contributed by atoms with Crippen molar-refractivity contribution >= 4 is 17.3 Å². The Hall–Kier alpha value is -1.96. The molecule has 1 aliphatic carbocycles. The number of hydrogen-bond acceptors (Lipinski definition) is 7. The van der Waals surface area contributed by atoms with Crippen molar-refractivity contribution in [2.75, 3.05) is 16.9 Å². The van der Waals surface area contributed by atoms with Gasteiger partial charge < -0.3 is 10.3 Å². The second-order valence-electron chi connectivity index (χ2n) is 4.57. The first-order valence-electron chi connectivity index (χ1n) is 6.41. The molecule has 1 aromatic heterocycles. The maximum Gasteiger partial charge on any atom is 0.354 e. The van der Waals surface area contributed by atoms with E-state index in [1.165, 1.54) is 6.33 Å². The Morgan fingerprint density at radius 3 is 2.84 bits per heavy atom. The number of nitrogens with two attached hydrogens (primary N) is 1. The van der Waals surface area contributed by atoms with Gasteiger partial charge in [-0.25, -0.2) is 15.8 Å². The molecule has 0 radical (unpaired) electrons. The summed E-state index contributed by atoms with van der Waals surface area (Å²) in [5.74, 6) is 5.70. The monoisotopic (exact) mass is 266 g/mol. The molecular formula is C11H18N6O2. The summed E-state index contributed by atoms with van der Waals surface area (Å²) in [7, 11) is 0. The zero-order chi connectivity index (χ0) is 13.8. The highest BCUT2D eigenvalue weighted by Crippen LogP contribution is 2.37. The van der Waals surface area contributed by atoms with Gasteiger partial charge >= 0.3 is 5.69 Å². The number of hydrazine groups is 1. The molecule has 0 saturated heterocycles. The number of nitrogen functional groups attached to an aromatic ring is 1. The van der Waals surface area contributed by atoms with E-state index in [2.05, 4.69) is 22.3 Å². The van der Waals surface area contributed by atoms with Gasteiger partial charge in [0.1, 0.15) is 6.33 Å². The molecule has 1 fully saturated rings. The van der Waals surface area contributed by atoms with Crippen molar-refractivity contribution in [3.05, 3.63) is 16.4 Å². The van der Waals surface area contributed by atoms with Gasteiger partial charge in [-0.15, -0.1) is 0 Å². The van der Waals surface area contributed by atoms with Crippen molar-refractivity contribution in [3.63, 3.8) is 0 Å². The summed E-state index contributed by atoms with van der Waals surface area (Å²) in [5, 5.41) is 11.2. The number of rotatable bonds is 7. The minimum absolute atomic E-state index is 0.0529. The average molecular weight is 266 g/mol. The summed E-state index contributed by atoms with van der Waals surface area (Å²) < 4.78 is 0. The van der Waals surface area contributed by atoms with Crippen LogP contribution < -0.4 is 16.2 Å². The molecule has 19 heavy (non-hydrogen) atoms. The van der Waals surface area contributed by atoms with Crippen LogP contribution in [0.3, 0.4) is 0 Å². The first kappa shape index (κ1) is 13.5. The van der Waals surface area contributed by atoms with Crippen molar-refractivity contribution < 1.29 is 4.92 Å². The van der Waals surface area contributed by atoms with Crippen molar-refractivity contribution in [3.8, 4) is 0 Å². The molecule has 8 nitrogen and oxygen atoms in total. The maximum atomic E-state index is 11.2. The Morgan fingerprint density at radius 2 is 2.32 bits per heavy atom. The normalized spacial score (nSPS) is 14.2. The summed E-state index contributed by atoms with van der Waals surface area (Å²) >= 11 is 0. The Bertz CT molecular complexity index is 462. The SMILES string of the molecule is CCCCN(c1ncnc(NN)c1[N+](=O)[O-])C1CC1. The number of aromatic nitrogens is 2. The molecule has 0 aliphatic heterocycles. The molecule has 1 saturated carbocycles. The Kier molecular flexibility index (Phi) is 4.10. The lowest BCUT2D eigenvalue weighted by Crippen LogP contribution is -2.29. The molecule has 1 aromatic rings. The largest absolute Gasteiger partial charge is 0.354 e. The van der Waals surface area contributed by atoms with Gasteiger partial charge in [0.25, 0.3) is 0 Å². The molecule has 1 heterocycles. The molecule has 0 spiro atoms. The molecule has 1 aliphatic rings. The van der Waals surface area contributed by atoms with Crippen LogP contribution in [0.4, 0.5) is 17.3 Å². The van der Waals surface area contributed by atoms with Crippen LogP contribution in [-0.2, 0) is 0 Å². The van der Waals surface area contributed by atoms with Gasteiger partial charge in [0.05, 0.1) is 4.92 Å². The standard InChI is InChI=1S/C11H18N6O2/c1-2-3-6-16(8-4-5-8)11-9(17(18)19)10(15-12)13-7-14-11/h7-8H,2-6,12H2,1H3,(H,13,14,15). The van der Waals surface area contributed by atoms with E-state index in [9.17, 15) is 10.1 Å². The van der Waals surface area contributed by atoms with Gasteiger partial charge in [-0.3, -0.25) is 10.1 Å². The van der Waals surface area contributed by atoms with E-state index in [1.54, 1.807) is 0 Å². The fraction of sp³-hybridized carbons (Fsp3) is 0.636. The van der Waals surface area contributed by atoms with Crippen LogP contribution in [0.5, 0.6) is 0 Å². The van der Waals surface area contributed by atoms with Crippen LogP contribution in [0.1, 0.15) is 32.6 Å². The van der Waals surface area contributed by atoms with Gasteiger partial charge in [0.15, 0.2) is 0 Å². The molecule has 0 atom stereocenters. The Balaban J connectivity index is 2.37. The Labute approximate surface area is 111 Å². The molecule has 0 amide bonds. The van der Waals surface area contributed by atoms with Crippen molar-refractivity contribution in [2.45, 2.75) is 38.6 Å². The summed E-state index contributed by atoms with van der Waals surface area (Å²) in [6.45, 7) is 2.86. The summed E-state index contributed by atoms with van der Waals surface area (Å²) in [5.41, 5.74) is 2.12. The molecule has 8 heteroatoms. The third-order valence-corrected chi connectivity index (χ3v) is 3.13. The van der Waals surface area contributed by atoms with Crippen LogP contribution in [0.25, 0.3) is 0 Å². The number of nitrogens with zero attached hydrogens (tertiary/aromatic N) is 4. The van der Waals surface area contributed by atoms with Crippen LogP contribution in [-0.4, -0.2) is 27.5 Å². The van der Waals surface area contributed by atoms with E-state index < -0.39 is 4.92 Å². The fourth-order valence-electron chi connectivity index (χ4n) is 2.03. The number of unbranched alkanes of at least 4 members (excludes halogenated alkanes) is 1. The first-order chi connectivity index (χ1) is 9.19. The van der Waals surface area contributed by atoms with E-state index in [4.69, 9.17) is 5.84 Å². The first-order valence-corrected chi connectivity index (χ1v) is 6.41. The highest BCUT2D eigenvalue weighted by molar-refractivity contribution is 5.70. The summed E-state index contributed by atoms with van der Waals surface area (Å²) in [6.07, 6.45) is 5.42. The maximum absolute atomic E-state index is 11.2. The lowest BCUT2D eigenvalue weighted by atomic mass is 10.3. The van der Waals surface area contributed by atoms with Gasteiger partial charge in [-0.1, -0.05) is 13.3 Å². The van der Waals surface area contributed by atoms with Gasteiger partial charge in [0, 0.05) is 12.6 Å². The molecule has 104 valence electrons. The molecular weight excluding hydrogens is 248 g/mol. The van der Waals surface area contributed by atoms with E-state index in [0.717, 1.165) is 32.2 Å². The molecule has 0 unspecified atom stereocenters. The fourth-order valence-corrected chi connectivity index (χ4v) is 2.03. The third-order valence-electron chi connectivity index (χ3n) is 3.13. The van der Waals surface area contributed by atoms with E-state index >= 15 is 0 Å². The van der Waals surface area contributed by atoms with Crippen LogP contribution in [0, 0.1) is 10.1 Å². The number of nitro groups is 1. The lowest BCUT2D eigenvalue weighted by Gasteiger charge is -2.23. The van der Waals surface area contributed by atoms with E-state index in [1.807, 2.05) is 4.90 Å². The molecule has 2 rings (SSSR count). The van der Waals surface area contributed by atoms with Crippen LogP contribution >= 0.6 is 0 Å². The number of hydrogen-bond donors (Lipinski definition) is 2. The van der Waals surface area contributed by atoms with Crippen molar-refractivity contribution in [1.82, 2.24) is 9.97 Å². The van der Waals surface area contributed by atoms with Crippen molar-refractivity contribution in [1.29, 1.82) is 0 Å². The third kappa shape index (κ3) is 2.90. The van der Waals surface area contributed by atoms with Crippen LogP contribution in [0.15, 0.2) is 6.33 Å². The van der Waals surface area contributed by atoms with Crippen molar-refractivity contribution in [2.24, 2.45) is 5.84 Å². The zero-order valence-electron chi connectivity index (χ0n) is 10.9. The minimum Gasteiger partial charge on any atom is -0.348 e. The van der Waals surface area contributed by atoms with E-state index in [0.29, 0.717) is 11.9 Å². The minimum atomic E-state index is -0.480. The van der Waals surface area contributed by atoms with Gasteiger partial charge in [-0.2, -0.15) is 0 Å².